The van der Waals surface area contributed by atoms with Gasteiger partial charge in [0, 0.05) is 6.42 Å². The van der Waals surface area contributed by atoms with E-state index >= 15 is 0 Å². The van der Waals surface area contributed by atoms with Crippen LogP contribution in [0, 0.1) is 0 Å². The van der Waals surface area contributed by atoms with Crippen molar-refractivity contribution in [2.45, 2.75) is 26.1 Å². The van der Waals surface area contributed by atoms with Gasteiger partial charge in [0.1, 0.15) is 0 Å². The number of hydrogen-bond acceptors (Lipinski definition) is 2. The average molecular weight is 196 g/mol. The van der Waals surface area contributed by atoms with Crippen LogP contribution in [-0.4, -0.2) is 12.3 Å². The van der Waals surface area contributed by atoms with Gasteiger partial charge in [-0.15, -0.1) is 0 Å². The Morgan fingerprint density at radius 3 is 2.64 bits per heavy atom. The quantitative estimate of drug-likeness (QED) is 0.692. The van der Waals surface area contributed by atoms with Crippen LogP contribution in [0.2, 0.25) is 0 Å². The molecule has 2 nitrogen and oxygen atoms in total. The van der Waals surface area contributed by atoms with E-state index in [1.807, 2.05) is 6.92 Å². The van der Waals surface area contributed by atoms with Crippen molar-refractivity contribution in [3.05, 3.63) is 35.9 Å². The maximum Gasteiger partial charge on any atom is 0.340 e. The van der Waals surface area contributed by atoms with Crippen LogP contribution in [0.5, 0.6) is 0 Å². The fourth-order valence-corrected chi connectivity index (χ4v) is 1.04. The minimum atomic E-state index is -1.49. The topological polar surface area (TPSA) is 26.3 Å². The van der Waals surface area contributed by atoms with Gasteiger partial charge in [0.05, 0.1) is 5.56 Å². The number of esters is 1. The van der Waals surface area contributed by atoms with Crippen LogP contribution in [0.25, 0.3) is 0 Å². The minimum absolute atomic E-state index is 0.249. The number of benzene rings is 1. The molecule has 0 aliphatic rings. The molecule has 3 heteroatoms. The summed E-state index contributed by atoms with van der Waals surface area (Å²) in [5.74, 6) is -0.605. The molecule has 1 unspecified atom stereocenters. The van der Waals surface area contributed by atoms with E-state index in [-0.39, 0.29) is 6.42 Å². The molecule has 0 heterocycles. The summed E-state index contributed by atoms with van der Waals surface area (Å²) in [5, 5.41) is 0. The highest BCUT2D eigenvalue weighted by atomic mass is 19.1. The fraction of sp³-hybridized carbons (Fsp3) is 0.364. The lowest BCUT2D eigenvalue weighted by Crippen LogP contribution is -2.13. The van der Waals surface area contributed by atoms with Crippen LogP contribution in [0.1, 0.15) is 30.1 Å². The molecule has 0 aliphatic heterocycles. The number of alkyl halides is 1. The summed E-state index contributed by atoms with van der Waals surface area (Å²) >= 11 is 0. The molecule has 0 spiro atoms. The first-order chi connectivity index (χ1) is 6.74. The van der Waals surface area contributed by atoms with E-state index in [9.17, 15) is 9.18 Å². The first kappa shape index (κ1) is 10.7. The van der Waals surface area contributed by atoms with E-state index in [0.717, 1.165) is 0 Å². The standard InChI is InChI=1S/C11H13FO2/c1-2-6-10(12)14-11(13)9-7-4-3-5-8-9/h3-5,7-8,10H,2,6H2,1H3. The Morgan fingerprint density at radius 1 is 1.43 bits per heavy atom. The van der Waals surface area contributed by atoms with Crippen molar-refractivity contribution in [3.8, 4) is 0 Å². The molecular formula is C11H13FO2. The van der Waals surface area contributed by atoms with Gasteiger partial charge in [-0.3, -0.25) is 0 Å². The summed E-state index contributed by atoms with van der Waals surface area (Å²) in [6.07, 6.45) is -0.588. The Hall–Kier alpha value is -1.38. The lowest BCUT2D eigenvalue weighted by molar-refractivity contribution is -0.0187. The van der Waals surface area contributed by atoms with Crippen LogP contribution in [0.4, 0.5) is 4.39 Å². The third-order valence-electron chi connectivity index (χ3n) is 1.76. The van der Waals surface area contributed by atoms with E-state index in [1.54, 1.807) is 30.3 Å². The Bertz CT molecular complexity index is 285. The Balaban J connectivity index is 2.51. The second-order valence-corrected chi connectivity index (χ2v) is 2.97. The van der Waals surface area contributed by atoms with E-state index in [0.29, 0.717) is 12.0 Å². The highest BCUT2D eigenvalue weighted by Gasteiger charge is 2.12. The van der Waals surface area contributed by atoms with Crippen molar-refractivity contribution < 1.29 is 13.9 Å². The summed E-state index contributed by atoms with van der Waals surface area (Å²) < 4.78 is 17.5. The Labute approximate surface area is 82.7 Å². The van der Waals surface area contributed by atoms with Crippen molar-refractivity contribution in [3.63, 3.8) is 0 Å². The molecule has 0 aliphatic carbocycles. The van der Waals surface area contributed by atoms with Gasteiger partial charge in [0.15, 0.2) is 0 Å². The molecule has 1 atom stereocenters. The predicted octanol–water partition coefficient (Wildman–Crippen LogP) is 2.94. The molecule has 0 N–H and O–H groups in total. The molecule has 1 aromatic rings. The molecule has 0 saturated heterocycles. The van der Waals surface area contributed by atoms with E-state index in [1.165, 1.54) is 0 Å². The van der Waals surface area contributed by atoms with E-state index in [2.05, 4.69) is 4.74 Å². The zero-order valence-corrected chi connectivity index (χ0v) is 8.07. The van der Waals surface area contributed by atoms with Gasteiger partial charge in [0.2, 0.25) is 6.36 Å². The fourth-order valence-electron chi connectivity index (χ4n) is 1.04. The molecular weight excluding hydrogens is 183 g/mol. The first-order valence-electron chi connectivity index (χ1n) is 4.64. The Morgan fingerprint density at radius 2 is 2.07 bits per heavy atom. The van der Waals surface area contributed by atoms with Gasteiger partial charge >= 0.3 is 5.97 Å². The van der Waals surface area contributed by atoms with Crippen LogP contribution >= 0.6 is 0 Å². The lowest BCUT2D eigenvalue weighted by Gasteiger charge is -2.08. The number of halogens is 1. The highest BCUT2D eigenvalue weighted by molar-refractivity contribution is 5.89. The summed E-state index contributed by atoms with van der Waals surface area (Å²) in [4.78, 5) is 11.3. The summed E-state index contributed by atoms with van der Waals surface area (Å²) in [7, 11) is 0. The number of carbonyl (C=O) groups is 1. The molecule has 0 aromatic heterocycles. The molecule has 14 heavy (non-hydrogen) atoms. The van der Waals surface area contributed by atoms with Gasteiger partial charge < -0.3 is 4.74 Å². The van der Waals surface area contributed by atoms with Crippen LogP contribution in [0.15, 0.2) is 30.3 Å². The predicted molar refractivity (Wildman–Crippen MR) is 51.7 cm³/mol. The molecule has 1 aromatic carbocycles. The number of ether oxygens (including phenoxy) is 1. The summed E-state index contributed by atoms with van der Waals surface area (Å²) in [6.45, 7) is 1.84. The van der Waals surface area contributed by atoms with Gasteiger partial charge in [-0.2, -0.15) is 0 Å². The Kier molecular flexibility index (Phi) is 4.11. The third kappa shape index (κ3) is 3.17. The van der Waals surface area contributed by atoms with E-state index in [4.69, 9.17) is 0 Å². The average Bonchev–Trinajstić information content (AvgIpc) is 2.19. The second-order valence-electron chi connectivity index (χ2n) is 2.97. The highest BCUT2D eigenvalue weighted by Crippen LogP contribution is 2.08. The molecule has 0 amide bonds. The molecule has 1 rings (SSSR count). The van der Waals surface area contributed by atoms with Crippen molar-refractivity contribution >= 4 is 5.97 Å². The lowest BCUT2D eigenvalue weighted by atomic mass is 10.2. The zero-order valence-electron chi connectivity index (χ0n) is 8.07. The van der Waals surface area contributed by atoms with E-state index < -0.39 is 12.3 Å². The molecule has 0 bridgehead atoms. The zero-order chi connectivity index (χ0) is 10.4. The van der Waals surface area contributed by atoms with Crippen molar-refractivity contribution in [1.29, 1.82) is 0 Å². The molecule has 0 radical (unpaired) electrons. The number of carbonyl (C=O) groups excluding carboxylic acids is 1. The normalized spacial score (nSPS) is 12.1. The van der Waals surface area contributed by atoms with Crippen LogP contribution in [-0.2, 0) is 4.74 Å². The van der Waals surface area contributed by atoms with Crippen LogP contribution < -0.4 is 0 Å². The molecule has 0 fully saturated rings. The van der Waals surface area contributed by atoms with Gasteiger partial charge in [-0.05, 0) is 18.6 Å². The van der Waals surface area contributed by atoms with Gasteiger partial charge in [-0.1, -0.05) is 25.1 Å². The SMILES string of the molecule is CCCC(F)OC(=O)c1ccccc1. The number of rotatable bonds is 4. The van der Waals surface area contributed by atoms with Crippen LogP contribution in [0.3, 0.4) is 0 Å². The third-order valence-corrected chi connectivity index (χ3v) is 1.76. The first-order valence-corrected chi connectivity index (χ1v) is 4.64. The van der Waals surface area contributed by atoms with Gasteiger partial charge in [0.25, 0.3) is 0 Å². The summed E-state index contributed by atoms with van der Waals surface area (Å²) in [6, 6.07) is 8.41. The second kappa shape index (κ2) is 5.37. The maximum absolute atomic E-state index is 12.9. The molecule has 0 saturated carbocycles. The molecule has 76 valence electrons. The minimum Gasteiger partial charge on any atom is -0.428 e. The number of hydrogen-bond donors (Lipinski definition) is 0. The maximum atomic E-state index is 12.9. The smallest absolute Gasteiger partial charge is 0.340 e. The van der Waals surface area contributed by atoms with Gasteiger partial charge in [-0.25, -0.2) is 9.18 Å². The largest absolute Gasteiger partial charge is 0.428 e. The summed E-state index contributed by atoms with van der Waals surface area (Å²) in [5.41, 5.74) is 0.381. The monoisotopic (exact) mass is 196 g/mol. The van der Waals surface area contributed by atoms with Crippen molar-refractivity contribution in [1.82, 2.24) is 0 Å². The van der Waals surface area contributed by atoms with Crippen molar-refractivity contribution in [2.75, 3.05) is 0 Å². The van der Waals surface area contributed by atoms with Crippen molar-refractivity contribution in [2.24, 2.45) is 0 Å².